The molecule has 0 bridgehead atoms. The molecule has 13 N–H and O–H groups in total. The first-order chi connectivity index (χ1) is 29.4. The van der Waals surface area contributed by atoms with Gasteiger partial charge in [0.25, 0.3) is 0 Å². The van der Waals surface area contributed by atoms with E-state index < -0.39 is 95.8 Å². The van der Waals surface area contributed by atoms with Crippen LogP contribution in [0.4, 0.5) is 0 Å². The van der Waals surface area contributed by atoms with Crippen LogP contribution in [0.15, 0.2) is 54.6 Å². The number of aromatic hydroxyl groups is 1. The number of aliphatic hydroxyl groups excluding tert-OH is 4. The summed E-state index contributed by atoms with van der Waals surface area (Å²) < 4.78 is 17.1. The summed E-state index contributed by atoms with van der Waals surface area (Å²) in [6, 6.07) is 14.0. The number of phenols is 1. The van der Waals surface area contributed by atoms with Crippen molar-refractivity contribution in [3.05, 3.63) is 121 Å². The first kappa shape index (κ1) is 45.8. The van der Waals surface area contributed by atoms with Crippen molar-refractivity contribution >= 4 is 36.0 Å². The number of rotatable bonds is 15. The van der Waals surface area contributed by atoms with Crippen LogP contribution >= 0.6 is 0 Å². The molecule has 5 unspecified atom stereocenters. The van der Waals surface area contributed by atoms with E-state index in [9.17, 15) is 54.9 Å². The van der Waals surface area contributed by atoms with Crippen LogP contribution in [-0.2, 0) is 29.0 Å². The van der Waals surface area contributed by atoms with Gasteiger partial charge in [0.1, 0.15) is 23.4 Å². The summed E-state index contributed by atoms with van der Waals surface area (Å²) in [5.41, 5.74) is 17.4. The maximum atomic E-state index is 14.9. The van der Waals surface area contributed by atoms with Crippen LogP contribution in [-0.4, -0.2) is 103 Å². The number of hydrogen-bond acceptors (Lipinski definition) is 17. The summed E-state index contributed by atoms with van der Waals surface area (Å²) in [5.74, 6) is -7.18. The lowest BCUT2D eigenvalue weighted by Crippen LogP contribution is -2.67. The van der Waals surface area contributed by atoms with E-state index in [1.54, 1.807) is 30.3 Å². The number of ketones is 2. The average Bonchev–Trinajstić information content (AvgIpc) is 3.23. The van der Waals surface area contributed by atoms with E-state index in [1.165, 1.54) is 31.2 Å². The van der Waals surface area contributed by atoms with Gasteiger partial charge < -0.3 is 67.2 Å². The fourth-order valence-corrected chi connectivity index (χ4v) is 7.82. The van der Waals surface area contributed by atoms with Gasteiger partial charge in [-0.15, -0.1) is 0 Å². The fourth-order valence-electron chi connectivity index (χ4n) is 7.82. The Labute approximate surface area is 355 Å². The number of benzene rings is 4. The van der Waals surface area contributed by atoms with E-state index in [0.717, 1.165) is 18.6 Å². The summed E-state index contributed by atoms with van der Waals surface area (Å²) in [4.78, 5) is 54.5. The number of esters is 1. The van der Waals surface area contributed by atoms with Gasteiger partial charge in [-0.1, -0.05) is 48.5 Å². The zero-order chi connectivity index (χ0) is 45.2. The number of aliphatic hydroxyl groups is 6. The molecular weight excluding hydrogens is 807 g/mol. The fraction of sp³-hybridized carbons (Fsp3) is 0.333. The molecule has 0 saturated carbocycles. The average molecular weight is 856 g/mol. The third kappa shape index (κ3) is 8.95. The van der Waals surface area contributed by atoms with Gasteiger partial charge in [0.15, 0.2) is 24.0 Å². The van der Waals surface area contributed by atoms with Gasteiger partial charge >= 0.3 is 5.97 Å². The van der Waals surface area contributed by atoms with E-state index in [-0.39, 0.29) is 50.3 Å². The molecule has 0 amide bonds. The van der Waals surface area contributed by atoms with Crippen LogP contribution in [0.2, 0.25) is 0 Å². The van der Waals surface area contributed by atoms with Crippen molar-refractivity contribution in [1.82, 2.24) is 0 Å². The predicted molar refractivity (Wildman–Crippen MR) is 222 cm³/mol. The van der Waals surface area contributed by atoms with Crippen molar-refractivity contribution in [3.63, 3.8) is 0 Å². The van der Waals surface area contributed by atoms with Gasteiger partial charge in [0.2, 0.25) is 12.1 Å². The highest BCUT2D eigenvalue weighted by atomic mass is 16.7. The van der Waals surface area contributed by atoms with Gasteiger partial charge in [0, 0.05) is 46.7 Å². The minimum Gasteiger partial charge on any atom is -0.507 e. The summed E-state index contributed by atoms with van der Waals surface area (Å²) in [5, 5.41) is 75.7. The Balaban J connectivity index is 1.54. The molecule has 2 aliphatic rings. The van der Waals surface area contributed by atoms with Crippen LogP contribution in [0.25, 0.3) is 12.2 Å². The van der Waals surface area contributed by atoms with E-state index in [0.29, 0.717) is 37.7 Å². The Morgan fingerprint density at radius 1 is 0.935 bits per heavy atom. The molecule has 0 spiro atoms. The van der Waals surface area contributed by atoms with Crippen molar-refractivity contribution in [1.29, 1.82) is 0 Å². The lowest BCUT2D eigenvalue weighted by atomic mass is 9.77. The molecule has 0 radical (unpaired) electrons. The summed E-state index contributed by atoms with van der Waals surface area (Å²) >= 11 is 0. The molecule has 1 aliphatic carbocycles. The molecule has 1 fully saturated rings. The number of ether oxygens (including phenoxy) is 3. The van der Waals surface area contributed by atoms with Crippen LogP contribution in [0.1, 0.15) is 114 Å². The lowest BCUT2D eigenvalue weighted by molar-refractivity contribution is -0.371. The number of fused-ring (bicyclic) bond motifs is 2. The predicted octanol–water partition coefficient (Wildman–Crippen LogP) is 1.24. The van der Waals surface area contributed by atoms with Gasteiger partial charge in [-0.25, -0.2) is 0 Å². The van der Waals surface area contributed by atoms with E-state index >= 15 is 0 Å². The SMILES string of the molecule is CC(=O)Oc1cc(CO)c2c(c1C=Cc1cccc(CC(O)CCCN)c1)C(=O)c1cc(OC3OC(C)C(O)C(O)(O)C3O)c(Cc3cccc(C(N)N)c3C=O)c(O)c1C2=O. The van der Waals surface area contributed by atoms with Crippen LogP contribution < -0.4 is 26.7 Å². The van der Waals surface area contributed by atoms with Gasteiger partial charge in [-0.3, -0.25) is 19.2 Å². The Bertz CT molecular complexity index is 2430. The number of aldehydes is 1. The smallest absolute Gasteiger partial charge is 0.308 e. The van der Waals surface area contributed by atoms with Crippen molar-refractivity contribution in [2.75, 3.05) is 6.54 Å². The molecule has 1 heterocycles. The van der Waals surface area contributed by atoms with E-state index in [2.05, 4.69) is 0 Å². The molecule has 0 aromatic heterocycles. The number of phenolic OH excluding ortho intramolecular Hbond substituents is 1. The highest BCUT2D eigenvalue weighted by molar-refractivity contribution is 6.31. The second-order valence-electron chi connectivity index (χ2n) is 15.3. The molecule has 5 atom stereocenters. The largest absolute Gasteiger partial charge is 0.507 e. The summed E-state index contributed by atoms with van der Waals surface area (Å²) in [6.45, 7) is 2.02. The maximum Gasteiger partial charge on any atom is 0.308 e. The number of nitrogens with two attached hydrogens (primary N) is 3. The molecule has 62 heavy (non-hydrogen) atoms. The maximum absolute atomic E-state index is 14.9. The van der Waals surface area contributed by atoms with E-state index in [1.807, 2.05) is 6.07 Å². The Kier molecular flexibility index (Phi) is 13.8. The molecule has 4 aromatic rings. The first-order valence-electron chi connectivity index (χ1n) is 19.8. The molecule has 1 saturated heterocycles. The topological polar surface area (TPSA) is 316 Å². The Hall–Kier alpha value is -5.70. The van der Waals surface area contributed by atoms with Gasteiger partial charge in [-0.2, -0.15) is 0 Å². The normalized spacial score (nSPS) is 19.9. The lowest BCUT2D eigenvalue weighted by Gasteiger charge is -2.44. The highest BCUT2D eigenvalue weighted by Gasteiger charge is 2.54. The Morgan fingerprint density at radius 2 is 1.66 bits per heavy atom. The van der Waals surface area contributed by atoms with Gasteiger partial charge in [-0.05, 0) is 78.8 Å². The number of hydrogen-bond donors (Lipinski definition) is 10. The third-order valence-corrected chi connectivity index (χ3v) is 11.0. The highest BCUT2D eigenvalue weighted by Crippen LogP contribution is 2.46. The standard InChI is InChI=1S/C45H49N3O14/c1-21-41(56)45(58,59)42(57)44(60-21)62-34-18-31-37(38(53)30(34)16-25-8-4-10-28(43(47)48)32(25)20-50)40(55)35-26(19-49)17-33(61-22(2)51)29(36(35)39(31)54)12-11-23-6-3-7-24(14-23)15-27(52)9-5-13-46/h3-4,6-8,10-12,14,17-18,20-21,27,41-44,49,52-53,56-59H,5,9,13,15-16,19,46-48H2,1-2H3. The molecule has 6 rings (SSSR count). The molecule has 17 nitrogen and oxygen atoms in total. The monoisotopic (exact) mass is 855 g/mol. The molecule has 328 valence electrons. The van der Waals surface area contributed by atoms with Crippen LogP contribution in [0.5, 0.6) is 17.2 Å². The molecule has 4 aromatic carbocycles. The quantitative estimate of drug-likeness (QED) is 0.0233. The van der Waals surface area contributed by atoms with E-state index in [4.69, 9.17) is 31.4 Å². The number of carbonyl (C=O) groups excluding carboxylic acids is 4. The van der Waals surface area contributed by atoms with Crippen LogP contribution in [0, 0.1) is 0 Å². The minimum absolute atomic E-state index is 0.0408. The third-order valence-electron chi connectivity index (χ3n) is 11.0. The summed E-state index contributed by atoms with van der Waals surface area (Å²) in [6.07, 6.45) is -4.72. The zero-order valence-corrected chi connectivity index (χ0v) is 33.9. The second kappa shape index (κ2) is 18.7. The van der Waals surface area contributed by atoms with Crippen molar-refractivity contribution in [2.24, 2.45) is 17.2 Å². The summed E-state index contributed by atoms with van der Waals surface area (Å²) in [7, 11) is 0. The Morgan fingerprint density at radius 3 is 2.32 bits per heavy atom. The first-order valence-corrected chi connectivity index (χ1v) is 19.8. The molecule has 1 aliphatic heterocycles. The van der Waals surface area contributed by atoms with Gasteiger partial charge in [0.05, 0.1) is 30.5 Å². The second-order valence-corrected chi connectivity index (χ2v) is 15.3. The van der Waals surface area contributed by atoms with Crippen molar-refractivity contribution < 1.29 is 69.1 Å². The van der Waals surface area contributed by atoms with Crippen LogP contribution in [0.3, 0.4) is 0 Å². The van der Waals surface area contributed by atoms with Crippen molar-refractivity contribution in [2.45, 2.75) is 88.8 Å². The molecular formula is C45H49N3O14. The minimum atomic E-state index is -3.15. The molecule has 17 heteroatoms. The van der Waals surface area contributed by atoms with Crippen molar-refractivity contribution in [3.8, 4) is 17.2 Å². The zero-order valence-electron chi connectivity index (χ0n) is 33.9. The number of carbonyl (C=O) groups is 4.